The number of azo groups is 1. The Hall–Kier alpha value is -1.73. The van der Waals surface area contributed by atoms with Crippen LogP contribution in [0.3, 0.4) is 0 Å². The Morgan fingerprint density at radius 1 is 1.38 bits per heavy atom. The molecular formula is C9H10N4. The summed E-state index contributed by atoms with van der Waals surface area (Å²) < 4.78 is 0. The lowest BCUT2D eigenvalue weighted by Crippen LogP contribution is -2.14. The summed E-state index contributed by atoms with van der Waals surface area (Å²) in [6.07, 6.45) is 0. The van der Waals surface area contributed by atoms with E-state index in [1.165, 1.54) is 0 Å². The van der Waals surface area contributed by atoms with E-state index in [1.807, 2.05) is 36.4 Å². The molecule has 0 aromatic heterocycles. The van der Waals surface area contributed by atoms with Crippen molar-refractivity contribution in [2.45, 2.75) is 6.04 Å². The molecule has 66 valence electrons. The minimum atomic E-state index is -0.541. The third-order valence-electron chi connectivity index (χ3n) is 1.44. The first-order valence-corrected chi connectivity index (χ1v) is 3.92. The highest BCUT2D eigenvalue weighted by atomic mass is 15.1. The second-order valence-electron chi connectivity index (χ2n) is 2.43. The van der Waals surface area contributed by atoms with Gasteiger partial charge in [0.1, 0.15) is 0 Å². The summed E-state index contributed by atoms with van der Waals surface area (Å²) in [7, 11) is 0. The number of hydrogen-bond donors (Lipinski definition) is 1. The number of nitrogens with two attached hydrogens (primary N) is 1. The topological polar surface area (TPSA) is 74.5 Å². The van der Waals surface area contributed by atoms with Crippen LogP contribution in [0.2, 0.25) is 0 Å². The molecule has 0 amide bonds. The van der Waals surface area contributed by atoms with Gasteiger partial charge in [-0.05, 0) is 12.1 Å². The molecule has 0 radical (unpaired) electrons. The van der Waals surface area contributed by atoms with Crippen molar-refractivity contribution in [3.05, 3.63) is 30.3 Å². The number of hydrogen-bond acceptors (Lipinski definition) is 4. The zero-order valence-corrected chi connectivity index (χ0v) is 7.09. The van der Waals surface area contributed by atoms with Gasteiger partial charge in [-0.2, -0.15) is 15.5 Å². The summed E-state index contributed by atoms with van der Waals surface area (Å²) in [6, 6.07) is 10.6. The highest BCUT2D eigenvalue weighted by molar-refractivity contribution is 5.34. The van der Waals surface area contributed by atoms with Gasteiger partial charge in [-0.25, -0.2) is 0 Å². The van der Waals surface area contributed by atoms with Crippen molar-refractivity contribution >= 4 is 5.69 Å². The lowest BCUT2D eigenvalue weighted by molar-refractivity contribution is 0.788. The van der Waals surface area contributed by atoms with Crippen molar-refractivity contribution in [2.24, 2.45) is 16.0 Å². The lowest BCUT2D eigenvalue weighted by Gasteiger charge is -1.95. The van der Waals surface area contributed by atoms with Crippen molar-refractivity contribution in [3.63, 3.8) is 0 Å². The summed E-state index contributed by atoms with van der Waals surface area (Å²) in [5.74, 6) is 0. The molecule has 1 atom stereocenters. The molecule has 1 rings (SSSR count). The van der Waals surface area contributed by atoms with Crippen LogP contribution < -0.4 is 5.73 Å². The Bertz CT molecular complexity index is 312. The van der Waals surface area contributed by atoms with E-state index in [0.29, 0.717) is 0 Å². The average molecular weight is 174 g/mol. The van der Waals surface area contributed by atoms with Crippen molar-refractivity contribution in [2.75, 3.05) is 6.54 Å². The quantitative estimate of drug-likeness (QED) is 0.707. The van der Waals surface area contributed by atoms with E-state index < -0.39 is 6.04 Å². The predicted octanol–water partition coefficient (Wildman–Crippen LogP) is 1.62. The van der Waals surface area contributed by atoms with Crippen LogP contribution in [-0.4, -0.2) is 12.6 Å². The summed E-state index contributed by atoms with van der Waals surface area (Å²) in [5.41, 5.74) is 6.00. The minimum absolute atomic E-state index is 0.201. The normalized spacial score (nSPS) is 12.6. The molecule has 0 fully saturated rings. The number of rotatable bonds is 3. The summed E-state index contributed by atoms with van der Waals surface area (Å²) in [5, 5.41) is 16.2. The average Bonchev–Trinajstić information content (AvgIpc) is 2.21. The van der Waals surface area contributed by atoms with Crippen LogP contribution >= 0.6 is 0 Å². The zero-order valence-electron chi connectivity index (χ0n) is 7.09. The highest BCUT2D eigenvalue weighted by Crippen LogP contribution is 2.10. The predicted molar refractivity (Wildman–Crippen MR) is 49.4 cm³/mol. The van der Waals surface area contributed by atoms with Gasteiger partial charge in [0.15, 0.2) is 6.04 Å². The van der Waals surface area contributed by atoms with Crippen LogP contribution in [0.25, 0.3) is 0 Å². The van der Waals surface area contributed by atoms with Gasteiger partial charge in [0.2, 0.25) is 0 Å². The van der Waals surface area contributed by atoms with E-state index in [9.17, 15) is 0 Å². The molecule has 1 unspecified atom stereocenters. The highest BCUT2D eigenvalue weighted by Gasteiger charge is 1.99. The molecule has 0 saturated carbocycles. The van der Waals surface area contributed by atoms with E-state index in [0.717, 1.165) is 5.69 Å². The maximum atomic E-state index is 8.52. The lowest BCUT2D eigenvalue weighted by atomic mass is 10.3. The molecule has 2 N–H and O–H groups in total. The van der Waals surface area contributed by atoms with Crippen molar-refractivity contribution in [3.8, 4) is 6.07 Å². The van der Waals surface area contributed by atoms with Crippen LogP contribution in [0, 0.1) is 11.3 Å². The largest absolute Gasteiger partial charge is 0.327 e. The van der Waals surface area contributed by atoms with Crippen LogP contribution in [0.15, 0.2) is 40.6 Å². The van der Waals surface area contributed by atoms with Gasteiger partial charge in [0.05, 0.1) is 11.8 Å². The monoisotopic (exact) mass is 174 g/mol. The van der Waals surface area contributed by atoms with E-state index in [-0.39, 0.29) is 6.54 Å². The Morgan fingerprint density at radius 2 is 2.08 bits per heavy atom. The fourth-order valence-electron chi connectivity index (χ4n) is 0.757. The minimum Gasteiger partial charge on any atom is -0.327 e. The molecule has 1 aromatic carbocycles. The molecule has 0 aliphatic carbocycles. The number of nitrogens with zero attached hydrogens (tertiary/aromatic N) is 3. The zero-order chi connectivity index (χ0) is 9.52. The number of benzene rings is 1. The van der Waals surface area contributed by atoms with Gasteiger partial charge in [0.25, 0.3) is 0 Å². The SMILES string of the molecule is N#CC(CN)N=Nc1ccccc1. The molecule has 4 heteroatoms. The van der Waals surface area contributed by atoms with E-state index in [2.05, 4.69) is 10.2 Å². The Balaban J connectivity index is 2.64. The van der Waals surface area contributed by atoms with Crippen molar-refractivity contribution < 1.29 is 0 Å². The molecule has 0 bridgehead atoms. The summed E-state index contributed by atoms with van der Waals surface area (Å²) in [6.45, 7) is 0.201. The van der Waals surface area contributed by atoms with Gasteiger partial charge >= 0.3 is 0 Å². The van der Waals surface area contributed by atoms with Gasteiger partial charge in [-0.3, -0.25) is 0 Å². The third kappa shape index (κ3) is 3.01. The molecule has 0 aliphatic heterocycles. The maximum absolute atomic E-state index is 8.52. The fourth-order valence-corrected chi connectivity index (χ4v) is 0.757. The van der Waals surface area contributed by atoms with Gasteiger partial charge in [-0.1, -0.05) is 18.2 Å². The molecular weight excluding hydrogens is 164 g/mol. The van der Waals surface area contributed by atoms with E-state index >= 15 is 0 Å². The van der Waals surface area contributed by atoms with E-state index in [1.54, 1.807) is 0 Å². The Morgan fingerprint density at radius 3 is 2.62 bits per heavy atom. The molecule has 0 spiro atoms. The first-order chi connectivity index (χ1) is 6.36. The second-order valence-corrected chi connectivity index (χ2v) is 2.43. The number of nitriles is 1. The maximum Gasteiger partial charge on any atom is 0.169 e. The van der Waals surface area contributed by atoms with Crippen LogP contribution in [-0.2, 0) is 0 Å². The Kier molecular flexibility index (Phi) is 3.61. The molecule has 0 aliphatic rings. The fraction of sp³-hybridized carbons (Fsp3) is 0.222. The van der Waals surface area contributed by atoms with Gasteiger partial charge in [-0.15, -0.1) is 0 Å². The third-order valence-corrected chi connectivity index (χ3v) is 1.44. The smallest absolute Gasteiger partial charge is 0.169 e. The van der Waals surface area contributed by atoms with Crippen LogP contribution in [0.4, 0.5) is 5.69 Å². The first kappa shape index (κ1) is 9.36. The van der Waals surface area contributed by atoms with Crippen LogP contribution in [0.1, 0.15) is 0 Å². The molecule has 0 saturated heterocycles. The summed E-state index contributed by atoms with van der Waals surface area (Å²) in [4.78, 5) is 0. The molecule has 1 aromatic rings. The van der Waals surface area contributed by atoms with Crippen molar-refractivity contribution in [1.29, 1.82) is 5.26 Å². The molecule has 13 heavy (non-hydrogen) atoms. The standard InChI is InChI=1S/C9H10N4/c10-6-9(7-11)13-12-8-4-2-1-3-5-8/h1-5,9H,6,10H2. The van der Waals surface area contributed by atoms with E-state index in [4.69, 9.17) is 11.0 Å². The molecule has 0 heterocycles. The molecule has 4 nitrogen and oxygen atoms in total. The second kappa shape index (κ2) is 5.01. The Labute approximate surface area is 76.7 Å². The van der Waals surface area contributed by atoms with Gasteiger partial charge < -0.3 is 5.73 Å². The van der Waals surface area contributed by atoms with Crippen LogP contribution in [0.5, 0.6) is 0 Å². The first-order valence-electron chi connectivity index (χ1n) is 3.92. The summed E-state index contributed by atoms with van der Waals surface area (Å²) >= 11 is 0. The van der Waals surface area contributed by atoms with Gasteiger partial charge in [0, 0.05) is 6.54 Å². The van der Waals surface area contributed by atoms with Crippen molar-refractivity contribution in [1.82, 2.24) is 0 Å².